The molecule has 0 heterocycles. The molecule has 0 aliphatic carbocycles. The third-order valence-electron chi connectivity index (χ3n) is 2.03. The number of amides is 1. The van der Waals surface area contributed by atoms with Crippen LogP contribution in [0.4, 0.5) is 0 Å². The van der Waals surface area contributed by atoms with Crippen LogP contribution in [0.25, 0.3) is 0 Å². The molecule has 0 unspecified atom stereocenters. The number of halogens is 2. The summed E-state index contributed by atoms with van der Waals surface area (Å²) in [6.07, 6.45) is 0.133. The molecule has 100 valence electrons. The Morgan fingerprint density at radius 1 is 1.50 bits per heavy atom. The molecule has 0 aliphatic rings. The first-order valence-electron chi connectivity index (χ1n) is 4.92. The molecular formula is C10H11BrClNO4S. The minimum absolute atomic E-state index is 0.0702. The Labute approximate surface area is 118 Å². The molecule has 0 saturated heterocycles. The van der Waals surface area contributed by atoms with E-state index < -0.39 is 9.05 Å². The number of hydrogen-bond acceptors (Lipinski definition) is 4. The lowest BCUT2D eigenvalue weighted by atomic mass is 10.3. The summed E-state index contributed by atoms with van der Waals surface area (Å²) < 4.78 is 28.5. The van der Waals surface area contributed by atoms with Gasteiger partial charge in [0.15, 0.2) is 0 Å². The van der Waals surface area contributed by atoms with Gasteiger partial charge in [0.2, 0.25) is 5.91 Å². The van der Waals surface area contributed by atoms with Gasteiger partial charge < -0.3 is 10.1 Å². The van der Waals surface area contributed by atoms with Crippen LogP contribution in [0.2, 0.25) is 0 Å². The number of rotatable bonds is 5. The molecule has 0 fully saturated rings. The minimum Gasteiger partial charge on any atom is -0.492 e. The first-order valence-corrected chi connectivity index (χ1v) is 8.02. The Morgan fingerprint density at radius 2 is 2.17 bits per heavy atom. The number of ether oxygens (including phenoxy) is 1. The van der Waals surface area contributed by atoms with Gasteiger partial charge >= 0.3 is 0 Å². The van der Waals surface area contributed by atoms with Crippen molar-refractivity contribution in [2.24, 2.45) is 0 Å². The van der Waals surface area contributed by atoms with Crippen molar-refractivity contribution >= 4 is 41.6 Å². The molecule has 0 saturated carbocycles. The SMILES string of the molecule is CNC(=O)CCOc1ccc(Br)cc1S(=O)(=O)Cl. The zero-order valence-corrected chi connectivity index (χ0v) is 12.6. The van der Waals surface area contributed by atoms with Crippen LogP contribution >= 0.6 is 26.6 Å². The molecule has 0 spiro atoms. The number of hydrogen-bond donors (Lipinski definition) is 1. The highest BCUT2D eigenvalue weighted by Crippen LogP contribution is 2.30. The fourth-order valence-corrected chi connectivity index (χ4v) is 2.68. The Bertz CT molecular complexity index is 547. The molecule has 0 radical (unpaired) electrons. The Morgan fingerprint density at radius 3 is 2.72 bits per heavy atom. The predicted octanol–water partition coefficient (Wildman–Crippen LogP) is 1.89. The first-order chi connectivity index (χ1) is 8.34. The van der Waals surface area contributed by atoms with Crippen molar-refractivity contribution < 1.29 is 17.9 Å². The van der Waals surface area contributed by atoms with Crippen LogP contribution in [0.3, 0.4) is 0 Å². The van der Waals surface area contributed by atoms with Gasteiger partial charge in [-0.25, -0.2) is 8.42 Å². The van der Waals surface area contributed by atoms with Crippen molar-refractivity contribution in [2.45, 2.75) is 11.3 Å². The smallest absolute Gasteiger partial charge is 0.265 e. The summed E-state index contributed by atoms with van der Waals surface area (Å²) in [5, 5.41) is 2.43. The largest absolute Gasteiger partial charge is 0.492 e. The molecule has 0 aliphatic heterocycles. The van der Waals surface area contributed by atoms with E-state index in [-0.39, 0.29) is 29.6 Å². The van der Waals surface area contributed by atoms with E-state index in [0.29, 0.717) is 4.47 Å². The fourth-order valence-electron chi connectivity index (χ4n) is 1.17. The predicted molar refractivity (Wildman–Crippen MR) is 71.4 cm³/mol. The lowest BCUT2D eigenvalue weighted by molar-refractivity contribution is -0.121. The molecule has 1 N–H and O–H groups in total. The average Bonchev–Trinajstić information content (AvgIpc) is 2.29. The van der Waals surface area contributed by atoms with Crippen LogP contribution in [0.5, 0.6) is 5.75 Å². The average molecular weight is 357 g/mol. The highest BCUT2D eigenvalue weighted by Gasteiger charge is 2.17. The molecule has 1 aromatic carbocycles. The first kappa shape index (κ1) is 15.3. The van der Waals surface area contributed by atoms with Gasteiger partial charge in [-0.2, -0.15) is 0 Å². The van der Waals surface area contributed by atoms with E-state index in [1.54, 1.807) is 6.07 Å². The Hall–Kier alpha value is -0.790. The van der Waals surface area contributed by atoms with Gasteiger partial charge in [-0.3, -0.25) is 4.79 Å². The lowest BCUT2D eigenvalue weighted by Gasteiger charge is -2.09. The summed E-state index contributed by atoms with van der Waals surface area (Å²) in [6, 6.07) is 4.45. The van der Waals surface area contributed by atoms with Gasteiger partial charge in [0.05, 0.1) is 13.0 Å². The van der Waals surface area contributed by atoms with Gasteiger partial charge in [0.25, 0.3) is 9.05 Å². The molecular weight excluding hydrogens is 346 g/mol. The van der Waals surface area contributed by atoms with E-state index in [1.165, 1.54) is 19.2 Å². The summed E-state index contributed by atoms with van der Waals surface area (Å²) in [5.74, 6) is -0.0699. The van der Waals surface area contributed by atoms with Crippen LogP contribution < -0.4 is 10.1 Å². The maximum Gasteiger partial charge on any atom is 0.265 e. The minimum atomic E-state index is -3.90. The fraction of sp³-hybridized carbons (Fsp3) is 0.300. The second-order valence-electron chi connectivity index (χ2n) is 3.30. The molecule has 1 aromatic rings. The molecule has 1 rings (SSSR count). The van der Waals surface area contributed by atoms with Gasteiger partial charge in [0.1, 0.15) is 10.6 Å². The van der Waals surface area contributed by atoms with Crippen LogP contribution in [0.15, 0.2) is 27.6 Å². The van der Waals surface area contributed by atoms with E-state index >= 15 is 0 Å². The maximum absolute atomic E-state index is 11.3. The topological polar surface area (TPSA) is 72.5 Å². The summed E-state index contributed by atoms with van der Waals surface area (Å²) >= 11 is 3.15. The van der Waals surface area contributed by atoms with Gasteiger partial charge in [-0.15, -0.1) is 0 Å². The molecule has 0 aromatic heterocycles. The standard InChI is InChI=1S/C10H11BrClNO4S/c1-13-10(14)4-5-17-8-3-2-7(11)6-9(8)18(12,15)16/h2-3,6H,4-5H2,1H3,(H,13,14). The maximum atomic E-state index is 11.3. The summed E-state index contributed by atoms with van der Waals surface area (Å²) in [5.41, 5.74) is 0. The van der Waals surface area contributed by atoms with E-state index in [1.807, 2.05) is 0 Å². The normalized spacial score (nSPS) is 11.1. The summed E-state index contributed by atoms with van der Waals surface area (Å²) in [6.45, 7) is 0.0702. The van der Waals surface area contributed by atoms with E-state index in [2.05, 4.69) is 21.2 Å². The van der Waals surface area contributed by atoms with Crippen LogP contribution in [-0.2, 0) is 13.8 Å². The summed E-state index contributed by atoms with van der Waals surface area (Å²) in [4.78, 5) is 10.9. The van der Waals surface area contributed by atoms with E-state index in [4.69, 9.17) is 15.4 Å². The molecule has 5 nitrogen and oxygen atoms in total. The number of nitrogens with one attached hydrogen (secondary N) is 1. The van der Waals surface area contributed by atoms with Crippen molar-refractivity contribution in [3.8, 4) is 5.75 Å². The zero-order chi connectivity index (χ0) is 13.8. The lowest BCUT2D eigenvalue weighted by Crippen LogP contribution is -2.20. The van der Waals surface area contributed by atoms with E-state index in [9.17, 15) is 13.2 Å². The quantitative estimate of drug-likeness (QED) is 0.818. The number of carbonyl (C=O) groups is 1. The molecule has 1 amide bonds. The second-order valence-corrected chi connectivity index (χ2v) is 6.75. The van der Waals surface area contributed by atoms with Crippen molar-refractivity contribution in [1.29, 1.82) is 0 Å². The van der Waals surface area contributed by atoms with Crippen molar-refractivity contribution in [1.82, 2.24) is 5.32 Å². The third-order valence-corrected chi connectivity index (χ3v) is 3.87. The number of carbonyl (C=O) groups excluding carboxylic acids is 1. The van der Waals surface area contributed by atoms with Crippen molar-refractivity contribution in [2.75, 3.05) is 13.7 Å². The molecule has 0 atom stereocenters. The molecule has 8 heteroatoms. The van der Waals surface area contributed by atoms with Crippen LogP contribution in [0.1, 0.15) is 6.42 Å². The van der Waals surface area contributed by atoms with Crippen LogP contribution in [-0.4, -0.2) is 28.0 Å². The van der Waals surface area contributed by atoms with Gasteiger partial charge in [-0.05, 0) is 18.2 Å². The van der Waals surface area contributed by atoms with Crippen molar-refractivity contribution in [3.05, 3.63) is 22.7 Å². The Balaban J connectivity index is 2.86. The van der Waals surface area contributed by atoms with Gasteiger partial charge in [0, 0.05) is 22.2 Å². The monoisotopic (exact) mass is 355 g/mol. The van der Waals surface area contributed by atoms with E-state index in [0.717, 1.165) is 0 Å². The summed E-state index contributed by atoms with van der Waals surface area (Å²) in [7, 11) is 2.91. The van der Waals surface area contributed by atoms with Crippen LogP contribution in [0, 0.1) is 0 Å². The number of benzene rings is 1. The Kier molecular flexibility index (Phi) is 5.43. The molecule has 18 heavy (non-hydrogen) atoms. The van der Waals surface area contributed by atoms with Crippen molar-refractivity contribution in [3.63, 3.8) is 0 Å². The highest BCUT2D eigenvalue weighted by molar-refractivity contribution is 9.10. The zero-order valence-electron chi connectivity index (χ0n) is 9.44. The van der Waals surface area contributed by atoms with Gasteiger partial charge in [-0.1, -0.05) is 15.9 Å². The molecule has 0 bridgehead atoms. The third kappa shape index (κ3) is 4.47. The highest BCUT2D eigenvalue weighted by atomic mass is 79.9. The second kappa shape index (κ2) is 6.40.